The van der Waals surface area contributed by atoms with Gasteiger partial charge in [0.2, 0.25) is 5.89 Å². The highest BCUT2D eigenvalue weighted by molar-refractivity contribution is 5.03. The summed E-state index contributed by atoms with van der Waals surface area (Å²) in [4.78, 5) is 6.87. The molecule has 1 aliphatic carbocycles. The van der Waals surface area contributed by atoms with Gasteiger partial charge in [0, 0.05) is 12.0 Å². The van der Waals surface area contributed by atoms with E-state index < -0.39 is 0 Å². The first-order valence-corrected chi connectivity index (χ1v) is 7.03. The van der Waals surface area contributed by atoms with Gasteiger partial charge in [-0.1, -0.05) is 5.16 Å². The summed E-state index contributed by atoms with van der Waals surface area (Å²) in [6, 6.07) is 0.317. The van der Waals surface area contributed by atoms with Gasteiger partial charge >= 0.3 is 0 Å². The first-order valence-electron chi connectivity index (χ1n) is 7.03. The molecule has 1 atom stereocenters. The number of aromatic nitrogens is 2. The van der Waals surface area contributed by atoms with Crippen molar-refractivity contribution < 1.29 is 4.52 Å². The number of hydrogen-bond donors (Lipinski definition) is 1. The van der Waals surface area contributed by atoms with Crippen LogP contribution in [0.15, 0.2) is 4.52 Å². The molecule has 5 heteroatoms. The normalized spacial score (nSPS) is 24.3. The Morgan fingerprint density at radius 3 is 2.67 bits per heavy atom. The van der Waals surface area contributed by atoms with E-state index in [1.54, 1.807) is 0 Å². The van der Waals surface area contributed by atoms with Crippen molar-refractivity contribution in [2.24, 2.45) is 11.7 Å². The molecule has 1 unspecified atom stereocenters. The van der Waals surface area contributed by atoms with Crippen LogP contribution in [-0.2, 0) is 6.54 Å². The number of likely N-dealkylation sites (tertiary alicyclic amines) is 1. The minimum atomic E-state index is 0.317. The summed E-state index contributed by atoms with van der Waals surface area (Å²) in [6.45, 7) is 5.09. The van der Waals surface area contributed by atoms with Crippen molar-refractivity contribution in [3.8, 4) is 0 Å². The van der Waals surface area contributed by atoms with Crippen molar-refractivity contribution in [2.45, 2.75) is 51.1 Å². The van der Waals surface area contributed by atoms with Crippen molar-refractivity contribution in [1.29, 1.82) is 0 Å². The van der Waals surface area contributed by atoms with Gasteiger partial charge in [0.25, 0.3) is 0 Å². The summed E-state index contributed by atoms with van der Waals surface area (Å²) in [6.07, 6.45) is 4.81. The standard InChI is InChI=1S/C13H22N4O/c1-9(14)10-4-6-17(7-5-10)8-12-15-13(16-18-12)11-2-3-11/h9-11H,2-8,14H2,1H3. The molecule has 1 saturated carbocycles. The SMILES string of the molecule is CC(N)C1CCN(Cc2nc(C3CC3)no2)CC1. The zero-order chi connectivity index (χ0) is 12.5. The maximum atomic E-state index is 5.95. The molecule has 1 saturated heterocycles. The van der Waals surface area contributed by atoms with Gasteiger partial charge in [-0.15, -0.1) is 0 Å². The Bertz CT molecular complexity index is 391. The van der Waals surface area contributed by atoms with Crippen LogP contribution in [0.1, 0.15) is 50.2 Å². The zero-order valence-electron chi connectivity index (χ0n) is 11.0. The lowest BCUT2D eigenvalue weighted by Crippen LogP contribution is -2.39. The lowest BCUT2D eigenvalue weighted by atomic mass is 9.91. The average molecular weight is 250 g/mol. The van der Waals surface area contributed by atoms with Crippen LogP contribution in [0.3, 0.4) is 0 Å². The molecular weight excluding hydrogens is 228 g/mol. The second-order valence-electron chi connectivity index (χ2n) is 5.79. The molecule has 1 aromatic heterocycles. The van der Waals surface area contributed by atoms with Crippen LogP contribution in [0.5, 0.6) is 0 Å². The van der Waals surface area contributed by atoms with E-state index in [0.29, 0.717) is 17.9 Å². The summed E-state index contributed by atoms with van der Waals surface area (Å²) in [5.41, 5.74) is 5.95. The van der Waals surface area contributed by atoms with E-state index in [4.69, 9.17) is 10.3 Å². The first kappa shape index (κ1) is 12.1. The van der Waals surface area contributed by atoms with Crippen molar-refractivity contribution in [1.82, 2.24) is 15.0 Å². The van der Waals surface area contributed by atoms with Crippen LogP contribution in [0.2, 0.25) is 0 Å². The second kappa shape index (κ2) is 4.97. The van der Waals surface area contributed by atoms with E-state index >= 15 is 0 Å². The molecule has 0 spiro atoms. The molecule has 18 heavy (non-hydrogen) atoms. The van der Waals surface area contributed by atoms with Crippen molar-refractivity contribution >= 4 is 0 Å². The number of nitrogens with two attached hydrogens (primary N) is 1. The molecule has 1 aromatic rings. The van der Waals surface area contributed by atoms with Crippen molar-refractivity contribution in [3.63, 3.8) is 0 Å². The van der Waals surface area contributed by atoms with Gasteiger partial charge in [-0.3, -0.25) is 4.90 Å². The summed E-state index contributed by atoms with van der Waals surface area (Å²) in [7, 11) is 0. The average Bonchev–Trinajstić information content (AvgIpc) is 3.11. The Morgan fingerprint density at radius 2 is 2.06 bits per heavy atom. The smallest absolute Gasteiger partial charge is 0.240 e. The van der Waals surface area contributed by atoms with Crippen LogP contribution >= 0.6 is 0 Å². The third kappa shape index (κ3) is 2.72. The summed E-state index contributed by atoms with van der Waals surface area (Å²) >= 11 is 0. The Morgan fingerprint density at radius 1 is 1.33 bits per heavy atom. The summed E-state index contributed by atoms with van der Waals surface area (Å²) < 4.78 is 5.32. The number of hydrogen-bond acceptors (Lipinski definition) is 5. The molecule has 2 aliphatic rings. The summed E-state index contributed by atoms with van der Waals surface area (Å²) in [5.74, 6) is 2.93. The molecular formula is C13H22N4O. The Labute approximate surface area is 108 Å². The fourth-order valence-electron chi connectivity index (χ4n) is 2.67. The summed E-state index contributed by atoms with van der Waals surface area (Å²) in [5, 5.41) is 4.05. The lowest BCUT2D eigenvalue weighted by Gasteiger charge is -2.32. The highest BCUT2D eigenvalue weighted by Gasteiger charge is 2.29. The molecule has 1 aliphatic heterocycles. The zero-order valence-corrected chi connectivity index (χ0v) is 11.0. The van der Waals surface area contributed by atoms with E-state index in [2.05, 4.69) is 22.0 Å². The fourth-order valence-corrected chi connectivity index (χ4v) is 2.67. The van der Waals surface area contributed by atoms with Gasteiger partial charge < -0.3 is 10.3 Å². The van der Waals surface area contributed by atoms with Crippen LogP contribution in [0, 0.1) is 5.92 Å². The maximum absolute atomic E-state index is 5.95. The Hall–Kier alpha value is -0.940. The first-order chi connectivity index (χ1) is 8.72. The fraction of sp³-hybridized carbons (Fsp3) is 0.846. The van der Waals surface area contributed by atoms with Crippen LogP contribution in [0.4, 0.5) is 0 Å². The van der Waals surface area contributed by atoms with Gasteiger partial charge in [-0.25, -0.2) is 0 Å². The van der Waals surface area contributed by atoms with E-state index in [1.807, 2.05) is 0 Å². The molecule has 2 fully saturated rings. The third-order valence-corrected chi connectivity index (χ3v) is 4.16. The van der Waals surface area contributed by atoms with Gasteiger partial charge in [-0.2, -0.15) is 4.98 Å². The molecule has 0 amide bonds. The second-order valence-corrected chi connectivity index (χ2v) is 5.79. The Kier molecular flexibility index (Phi) is 3.35. The van der Waals surface area contributed by atoms with Crippen molar-refractivity contribution in [3.05, 3.63) is 11.7 Å². The maximum Gasteiger partial charge on any atom is 0.240 e. The molecule has 2 N–H and O–H groups in total. The molecule has 0 bridgehead atoms. The lowest BCUT2D eigenvalue weighted by molar-refractivity contribution is 0.150. The minimum Gasteiger partial charge on any atom is -0.338 e. The topological polar surface area (TPSA) is 68.2 Å². The molecule has 100 valence electrons. The third-order valence-electron chi connectivity index (χ3n) is 4.16. The van der Waals surface area contributed by atoms with Gasteiger partial charge in [0.05, 0.1) is 6.54 Å². The largest absolute Gasteiger partial charge is 0.338 e. The van der Waals surface area contributed by atoms with Gasteiger partial charge in [0.15, 0.2) is 5.82 Å². The van der Waals surface area contributed by atoms with E-state index in [0.717, 1.165) is 31.3 Å². The van der Waals surface area contributed by atoms with E-state index in [9.17, 15) is 0 Å². The number of rotatable bonds is 4. The highest BCUT2D eigenvalue weighted by atomic mass is 16.5. The van der Waals surface area contributed by atoms with E-state index in [-0.39, 0.29) is 0 Å². The number of piperidine rings is 1. The highest BCUT2D eigenvalue weighted by Crippen LogP contribution is 2.38. The van der Waals surface area contributed by atoms with Gasteiger partial charge in [0.1, 0.15) is 0 Å². The molecule has 2 heterocycles. The van der Waals surface area contributed by atoms with Crippen LogP contribution in [-0.4, -0.2) is 34.2 Å². The van der Waals surface area contributed by atoms with Gasteiger partial charge in [-0.05, 0) is 51.6 Å². The van der Waals surface area contributed by atoms with Crippen LogP contribution in [0.25, 0.3) is 0 Å². The quantitative estimate of drug-likeness (QED) is 0.877. The Balaban J connectivity index is 1.50. The molecule has 3 rings (SSSR count). The minimum absolute atomic E-state index is 0.317. The molecule has 0 radical (unpaired) electrons. The van der Waals surface area contributed by atoms with Crippen molar-refractivity contribution in [2.75, 3.05) is 13.1 Å². The predicted octanol–water partition coefficient (Wildman–Crippen LogP) is 1.51. The monoisotopic (exact) mass is 250 g/mol. The molecule has 5 nitrogen and oxygen atoms in total. The van der Waals surface area contributed by atoms with Crippen LogP contribution < -0.4 is 5.73 Å². The number of nitrogens with zero attached hydrogens (tertiary/aromatic N) is 3. The predicted molar refractivity (Wildman–Crippen MR) is 67.9 cm³/mol. The molecule has 0 aromatic carbocycles. The van der Waals surface area contributed by atoms with E-state index in [1.165, 1.54) is 25.7 Å².